The highest BCUT2D eigenvalue weighted by Crippen LogP contribution is 2.25. The highest BCUT2D eigenvalue weighted by atomic mass is 35.5. The molecule has 1 aromatic carbocycles. The van der Waals surface area contributed by atoms with Crippen molar-refractivity contribution in [1.29, 1.82) is 0 Å². The number of halogens is 1. The van der Waals surface area contributed by atoms with E-state index in [0.717, 1.165) is 42.9 Å². The van der Waals surface area contributed by atoms with Gasteiger partial charge in [-0.25, -0.2) is 15.0 Å². The molecule has 0 aliphatic carbocycles. The maximum Gasteiger partial charge on any atom is 0.228 e. The van der Waals surface area contributed by atoms with E-state index in [1.54, 1.807) is 12.4 Å². The number of benzene rings is 1. The summed E-state index contributed by atoms with van der Waals surface area (Å²) in [7, 11) is 0. The summed E-state index contributed by atoms with van der Waals surface area (Å²) in [5.74, 6) is 3.15. The van der Waals surface area contributed by atoms with Gasteiger partial charge in [-0.15, -0.1) is 0 Å². The van der Waals surface area contributed by atoms with Crippen LogP contribution in [0, 0.1) is 0 Å². The number of piperidine rings is 1. The van der Waals surface area contributed by atoms with Crippen LogP contribution in [0.15, 0.2) is 42.7 Å². The lowest BCUT2D eigenvalue weighted by molar-refractivity contribution is 0.458. The van der Waals surface area contributed by atoms with E-state index < -0.39 is 0 Å². The van der Waals surface area contributed by atoms with Gasteiger partial charge in [-0.3, -0.25) is 5.14 Å². The molecule has 162 valence electrons. The molecule has 10 heteroatoms. The first-order valence-electron chi connectivity index (χ1n) is 10.1. The fraction of sp³-hybridized carbons (Fsp3) is 0.333. The number of rotatable bonds is 8. The number of aromatic nitrogens is 4. The predicted octanol–water partition coefficient (Wildman–Crippen LogP) is 4.42. The van der Waals surface area contributed by atoms with Crippen molar-refractivity contribution in [1.82, 2.24) is 19.9 Å². The van der Waals surface area contributed by atoms with Gasteiger partial charge in [0.1, 0.15) is 5.75 Å². The highest BCUT2D eigenvalue weighted by Gasteiger charge is 2.16. The lowest BCUT2D eigenvalue weighted by Gasteiger charge is -2.27. The van der Waals surface area contributed by atoms with E-state index in [-0.39, 0.29) is 0 Å². The van der Waals surface area contributed by atoms with Crippen LogP contribution in [0.1, 0.15) is 30.5 Å². The third-order valence-corrected chi connectivity index (χ3v) is 5.52. The second-order valence-corrected chi connectivity index (χ2v) is 8.24. The summed E-state index contributed by atoms with van der Waals surface area (Å²) in [6, 6.07) is 9.69. The third kappa shape index (κ3) is 6.19. The molecule has 3 N–H and O–H groups in total. The Labute approximate surface area is 190 Å². The Bertz CT molecular complexity index is 982. The quantitative estimate of drug-likeness (QED) is 0.475. The van der Waals surface area contributed by atoms with Crippen LogP contribution in [0.5, 0.6) is 11.6 Å². The first kappa shape index (κ1) is 21.6. The molecule has 1 fully saturated rings. The molecule has 0 amide bonds. The Balaban J connectivity index is 1.53. The van der Waals surface area contributed by atoms with Crippen molar-refractivity contribution in [2.45, 2.75) is 31.6 Å². The summed E-state index contributed by atoms with van der Waals surface area (Å²) in [5.41, 5.74) is 1.93. The zero-order chi connectivity index (χ0) is 21.5. The maximum absolute atomic E-state index is 6.06. The summed E-state index contributed by atoms with van der Waals surface area (Å²) in [5, 5.41) is 9.21. The van der Waals surface area contributed by atoms with E-state index in [1.165, 1.54) is 18.4 Å². The summed E-state index contributed by atoms with van der Waals surface area (Å²) in [6.07, 6.45) is 6.62. The van der Waals surface area contributed by atoms with Gasteiger partial charge in [0.05, 0.1) is 29.7 Å². The summed E-state index contributed by atoms with van der Waals surface area (Å²) in [4.78, 5) is 20.0. The number of hydrogen-bond acceptors (Lipinski definition) is 9. The van der Waals surface area contributed by atoms with Crippen molar-refractivity contribution in [2.75, 3.05) is 23.3 Å². The fourth-order valence-corrected chi connectivity index (χ4v) is 3.76. The Hall–Kier alpha value is -2.62. The molecule has 3 heterocycles. The Kier molecular flexibility index (Phi) is 7.39. The molecule has 0 spiro atoms. The maximum atomic E-state index is 6.06. The van der Waals surface area contributed by atoms with Gasteiger partial charge in [-0.2, -0.15) is 4.98 Å². The van der Waals surface area contributed by atoms with Crippen molar-refractivity contribution < 1.29 is 4.74 Å². The molecule has 4 rings (SSSR count). The van der Waals surface area contributed by atoms with Crippen molar-refractivity contribution >= 4 is 35.4 Å². The Morgan fingerprint density at radius 1 is 1.06 bits per heavy atom. The van der Waals surface area contributed by atoms with E-state index >= 15 is 0 Å². The molecule has 31 heavy (non-hydrogen) atoms. The van der Waals surface area contributed by atoms with Crippen LogP contribution in [0.2, 0.25) is 5.02 Å². The molecule has 3 aromatic rings. The SMILES string of the molecule is NSCc1ccc(Oc2cc(CNc3ncc(Cl)cn3)nc(N3CCCCC3)n2)cc1. The standard InChI is InChI=1S/C21H24ClN7OS/c22-16-11-24-20(25-12-16)26-13-17-10-19(28-21(27-17)29-8-2-1-3-9-29)30-18-6-4-15(5-7-18)14-31-23/h4-7,10-12H,1-3,8-9,13-14,23H2,(H,24,25,26). The fourth-order valence-electron chi connectivity index (χ4n) is 3.28. The number of nitrogens with one attached hydrogen (secondary N) is 1. The van der Waals surface area contributed by atoms with Crippen molar-refractivity contribution in [2.24, 2.45) is 5.14 Å². The van der Waals surface area contributed by atoms with Gasteiger partial charge in [-0.1, -0.05) is 35.7 Å². The van der Waals surface area contributed by atoms with Crippen molar-refractivity contribution in [3.63, 3.8) is 0 Å². The first-order chi connectivity index (χ1) is 15.2. The van der Waals surface area contributed by atoms with Crippen LogP contribution >= 0.6 is 23.5 Å². The molecule has 0 radical (unpaired) electrons. The van der Waals surface area contributed by atoms with Crippen LogP contribution in [-0.4, -0.2) is 33.0 Å². The molecular formula is C21H24ClN7OS. The number of nitrogens with two attached hydrogens (primary N) is 1. The van der Waals surface area contributed by atoms with Crippen molar-refractivity contribution in [3.05, 3.63) is 59.0 Å². The average Bonchev–Trinajstić information content (AvgIpc) is 2.81. The van der Waals surface area contributed by atoms with E-state index in [9.17, 15) is 0 Å². The van der Waals surface area contributed by atoms with Gasteiger partial charge in [0.25, 0.3) is 0 Å². The normalized spacial score (nSPS) is 13.8. The molecule has 0 unspecified atom stereocenters. The minimum Gasteiger partial charge on any atom is -0.439 e. The molecule has 8 nitrogen and oxygen atoms in total. The van der Waals surface area contributed by atoms with E-state index in [1.807, 2.05) is 30.3 Å². The van der Waals surface area contributed by atoms with E-state index in [4.69, 9.17) is 26.5 Å². The van der Waals surface area contributed by atoms with Crippen LogP contribution < -0.4 is 20.1 Å². The third-order valence-electron chi connectivity index (χ3n) is 4.83. The Morgan fingerprint density at radius 3 is 2.52 bits per heavy atom. The monoisotopic (exact) mass is 457 g/mol. The smallest absolute Gasteiger partial charge is 0.228 e. The van der Waals surface area contributed by atoms with Crippen LogP contribution in [0.25, 0.3) is 0 Å². The van der Waals surface area contributed by atoms with Crippen LogP contribution in [0.4, 0.5) is 11.9 Å². The largest absolute Gasteiger partial charge is 0.439 e. The van der Waals surface area contributed by atoms with Gasteiger partial charge < -0.3 is 15.0 Å². The number of anilines is 2. The minimum atomic E-state index is 0.439. The van der Waals surface area contributed by atoms with Crippen LogP contribution in [0.3, 0.4) is 0 Å². The summed E-state index contributed by atoms with van der Waals surface area (Å²) < 4.78 is 6.06. The number of ether oxygens (including phenoxy) is 1. The molecule has 1 aliphatic rings. The molecule has 2 aromatic heterocycles. The molecular weight excluding hydrogens is 434 g/mol. The number of nitrogens with zero attached hydrogens (tertiary/aromatic N) is 5. The van der Waals surface area contributed by atoms with Gasteiger partial charge >= 0.3 is 0 Å². The number of hydrogen-bond donors (Lipinski definition) is 2. The zero-order valence-electron chi connectivity index (χ0n) is 17.0. The lowest BCUT2D eigenvalue weighted by atomic mass is 10.1. The lowest BCUT2D eigenvalue weighted by Crippen LogP contribution is -2.31. The molecule has 1 saturated heterocycles. The van der Waals surface area contributed by atoms with Crippen molar-refractivity contribution in [3.8, 4) is 11.6 Å². The Morgan fingerprint density at radius 2 is 1.81 bits per heavy atom. The zero-order valence-corrected chi connectivity index (χ0v) is 18.6. The van der Waals surface area contributed by atoms with Crippen LogP contribution in [-0.2, 0) is 12.3 Å². The van der Waals surface area contributed by atoms with Gasteiger partial charge in [0, 0.05) is 24.9 Å². The molecule has 0 bridgehead atoms. The van der Waals surface area contributed by atoms with E-state index in [0.29, 0.717) is 35.1 Å². The summed E-state index contributed by atoms with van der Waals surface area (Å²) >= 11 is 7.16. The first-order valence-corrected chi connectivity index (χ1v) is 11.5. The summed E-state index contributed by atoms with van der Waals surface area (Å²) in [6.45, 7) is 2.33. The van der Waals surface area contributed by atoms with Gasteiger partial charge in [0.2, 0.25) is 17.8 Å². The molecule has 0 saturated carbocycles. The predicted molar refractivity (Wildman–Crippen MR) is 124 cm³/mol. The highest BCUT2D eigenvalue weighted by molar-refractivity contribution is 7.96. The minimum absolute atomic E-state index is 0.439. The average molecular weight is 458 g/mol. The second-order valence-electron chi connectivity index (χ2n) is 7.18. The molecule has 0 atom stereocenters. The van der Waals surface area contributed by atoms with Gasteiger partial charge in [0.15, 0.2) is 0 Å². The topological polar surface area (TPSA) is 102 Å². The van der Waals surface area contributed by atoms with Gasteiger partial charge in [-0.05, 0) is 37.0 Å². The van der Waals surface area contributed by atoms with E-state index in [2.05, 4.69) is 25.2 Å². The molecule has 1 aliphatic heterocycles. The second kappa shape index (κ2) is 10.6.